The Kier molecular flexibility index (Phi) is 4.57. The molecule has 7 nitrogen and oxygen atoms in total. The molecule has 0 bridgehead atoms. The number of fused-ring (bicyclic) bond motifs is 2. The van der Waals surface area contributed by atoms with Crippen molar-refractivity contribution in [2.45, 2.75) is 25.4 Å². The zero-order chi connectivity index (χ0) is 21.7. The van der Waals surface area contributed by atoms with Gasteiger partial charge >= 0.3 is 0 Å². The lowest BCUT2D eigenvalue weighted by molar-refractivity contribution is 0.0966. The predicted octanol–water partition coefficient (Wildman–Crippen LogP) is 2.53. The zero-order valence-corrected chi connectivity index (χ0v) is 17.8. The fraction of sp³-hybridized carbons (Fsp3) is 0.320. The maximum Gasteiger partial charge on any atom is 0.257 e. The molecule has 1 atom stereocenters. The highest BCUT2D eigenvalue weighted by Crippen LogP contribution is 2.31. The largest absolute Gasteiger partial charge is 0.369 e. The molecule has 2 aromatic heterocycles. The molecule has 4 heterocycles. The Bertz CT molecular complexity index is 1300. The fourth-order valence-corrected chi connectivity index (χ4v) is 5.20. The molecule has 1 amide bonds. The Labute approximate surface area is 185 Å². The highest BCUT2D eigenvalue weighted by Gasteiger charge is 2.28. The second kappa shape index (κ2) is 7.60. The van der Waals surface area contributed by atoms with E-state index in [4.69, 9.17) is 0 Å². The first kappa shape index (κ1) is 19.3. The molecule has 3 aliphatic rings. The molecular formula is C25H25N5O2. The van der Waals surface area contributed by atoms with E-state index in [-0.39, 0.29) is 11.5 Å². The van der Waals surface area contributed by atoms with Crippen LogP contribution in [0.5, 0.6) is 0 Å². The summed E-state index contributed by atoms with van der Waals surface area (Å²) >= 11 is 0. The van der Waals surface area contributed by atoms with E-state index in [1.54, 1.807) is 12.3 Å². The monoisotopic (exact) mass is 427 g/mol. The number of rotatable bonds is 3. The summed E-state index contributed by atoms with van der Waals surface area (Å²) in [4.78, 5) is 36.6. The highest BCUT2D eigenvalue weighted by molar-refractivity contribution is 5.98. The molecule has 6 rings (SSSR count). The van der Waals surface area contributed by atoms with Gasteiger partial charge in [0.1, 0.15) is 0 Å². The van der Waals surface area contributed by atoms with Crippen LogP contribution in [0.25, 0.3) is 16.5 Å². The van der Waals surface area contributed by atoms with Gasteiger partial charge in [-0.25, -0.2) is 0 Å². The number of aromatic nitrogens is 2. The minimum atomic E-state index is -0.0742. The minimum Gasteiger partial charge on any atom is -0.369 e. The number of nitrogens with zero attached hydrogens (tertiary/aromatic N) is 3. The van der Waals surface area contributed by atoms with Gasteiger partial charge in [-0.15, -0.1) is 0 Å². The normalized spacial score (nSPS) is 21.0. The molecular weight excluding hydrogens is 402 g/mol. The number of anilines is 1. The SMILES string of the molecule is O=C1NCc2cc(N3CCN([C@H]4C=C(c5cc6ncccc6c(=O)[nH]5)CC4)CC3)ccc21. The number of H-pyrrole nitrogens is 1. The fourth-order valence-electron chi connectivity index (χ4n) is 5.20. The van der Waals surface area contributed by atoms with Gasteiger partial charge in [-0.1, -0.05) is 6.08 Å². The summed E-state index contributed by atoms with van der Waals surface area (Å²) in [5.74, 6) is 0.0312. The van der Waals surface area contributed by atoms with Crippen molar-refractivity contribution in [3.63, 3.8) is 0 Å². The number of allylic oxidation sites excluding steroid dienone is 1. The molecule has 3 aromatic rings. The summed E-state index contributed by atoms with van der Waals surface area (Å²) in [7, 11) is 0. The summed E-state index contributed by atoms with van der Waals surface area (Å²) < 4.78 is 0. The maximum atomic E-state index is 12.4. The van der Waals surface area contributed by atoms with Gasteiger partial charge < -0.3 is 15.2 Å². The summed E-state index contributed by atoms with van der Waals surface area (Å²) in [5, 5.41) is 3.53. The Balaban J connectivity index is 1.15. The van der Waals surface area contributed by atoms with Crippen LogP contribution in [0.1, 0.15) is 34.5 Å². The molecule has 2 aliphatic heterocycles. The van der Waals surface area contributed by atoms with E-state index in [9.17, 15) is 9.59 Å². The van der Waals surface area contributed by atoms with Crippen LogP contribution in [0.4, 0.5) is 5.69 Å². The number of piperazine rings is 1. The number of amides is 1. The van der Waals surface area contributed by atoms with Crippen LogP contribution in [-0.4, -0.2) is 53.0 Å². The Morgan fingerprint density at radius 3 is 2.78 bits per heavy atom. The average molecular weight is 428 g/mol. The third-order valence-electron chi connectivity index (χ3n) is 6.98. The summed E-state index contributed by atoms with van der Waals surface area (Å²) in [6.45, 7) is 4.56. The van der Waals surface area contributed by atoms with E-state index in [1.165, 1.54) is 11.3 Å². The van der Waals surface area contributed by atoms with Gasteiger partial charge in [0, 0.05) is 61.9 Å². The molecule has 0 radical (unpaired) electrons. The van der Waals surface area contributed by atoms with Gasteiger partial charge in [-0.2, -0.15) is 0 Å². The van der Waals surface area contributed by atoms with Crippen molar-refractivity contribution in [3.05, 3.63) is 75.8 Å². The molecule has 1 saturated heterocycles. The Morgan fingerprint density at radius 1 is 1.03 bits per heavy atom. The van der Waals surface area contributed by atoms with Crippen molar-refractivity contribution in [2.24, 2.45) is 0 Å². The van der Waals surface area contributed by atoms with Gasteiger partial charge in [0.2, 0.25) is 0 Å². The van der Waals surface area contributed by atoms with Crippen molar-refractivity contribution in [2.75, 3.05) is 31.1 Å². The van der Waals surface area contributed by atoms with Crippen LogP contribution < -0.4 is 15.8 Å². The summed E-state index contributed by atoms with van der Waals surface area (Å²) in [6.07, 6.45) is 6.09. The number of aromatic amines is 1. The third-order valence-corrected chi connectivity index (χ3v) is 6.98. The Hall–Kier alpha value is -3.45. The van der Waals surface area contributed by atoms with Crippen molar-refractivity contribution in [1.29, 1.82) is 0 Å². The van der Waals surface area contributed by atoms with Gasteiger partial charge in [0.05, 0.1) is 10.9 Å². The van der Waals surface area contributed by atoms with E-state index in [1.807, 2.05) is 18.2 Å². The van der Waals surface area contributed by atoms with Crippen LogP contribution >= 0.6 is 0 Å². The van der Waals surface area contributed by atoms with Crippen LogP contribution in [0.15, 0.2) is 53.5 Å². The van der Waals surface area contributed by atoms with Gasteiger partial charge in [-0.3, -0.25) is 19.5 Å². The Morgan fingerprint density at radius 2 is 1.91 bits per heavy atom. The second-order valence-electron chi connectivity index (χ2n) is 8.79. The molecule has 0 saturated carbocycles. The molecule has 162 valence electrons. The smallest absolute Gasteiger partial charge is 0.257 e. The number of nitrogens with one attached hydrogen (secondary N) is 2. The average Bonchev–Trinajstić information content (AvgIpc) is 3.46. The topological polar surface area (TPSA) is 81.3 Å². The second-order valence-corrected chi connectivity index (χ2v) is 8.79. The van der Waals surface area contributed by atoms with Crippen molar-refractivity contribution < 1.29 is 4.79 Å². The summed E-state index contributed by atoms with van der Waals surface area (Å²) in [6, 6.07) is 12.2. The van der Waals surface area contributed by atoms with Gasteiger partial charge in [-0.05, 0) is 60.4 Å². The van der Waals surface area contributed by atoms with Gasteiger partial charge in [0.25, 0.3) is 11.5 Å². The van der Waals surface area contributed by atoms with E-state index in [2.05, 4.69) is 43.3 Å². The van der Waals surface area contributed by atoms with Gasteiger partial charge in [0.15, 0.2) is 0 Å². The van der Waals surface area contributed by atoms with Crippen LogP contribution in [0.2, 0.25) is 0 Å². The molecule has 1 fully saturated rings. The number of hydrogen-bond acceptors (Lipinski definition) is 5. The zero-order valence-electron chi connectivity index (χ0n) is 17.8. The minimum absolute atomic E-state index is 0.0312. The highest BCUT2D eigenvalue weighted by atomic mass is 16.2. The molecule has 2 N–H and O–H groups in total. The number of carbonyl (C=O) groups excluding carboxylic acids is 1. The van der Waals surface area contributed by atoms with Crippen molar-refractivity contribution in [1.82, 2.24) is 20.2 Å². The van der Waals surface area contributed by atoms with E-state index < -0.39 is 0 Å². The quantitative estimate of drug-likeness (QED) is 0.671. The first-order valence-corrected chi connectivity index (χ1v) is 11.2. The van der Waals surface area contributed by atoms with Crippen LogP contribution in [0, 0.1) is 0 Å². The van der Waals surface area contributed by atoms with Crippen LogP contribution in [-0.2, 0) is 6.54 Å². The lowest BCUT2D eigenvalue weighted by Crippen LogP contribution is -2.49. The first-order valence-electron chi connectivity index (χ1n) is 11.2. The molecule has 0 spiro atoms. The molecule has 1 aromatic carbocycles. The molecule has 32 heavy (non-hydrogen) atoms. The maximum absolute atomic E-state index is 12.4. The predicted molar refractivity (Wildman–Crippen MR) is 125 cm³/mol. The lowest BCUT2D eigenvalue weighted by Gasteiger charge is -2.38. The molecule has 7 heteroatoms. The standard InChI is InChI=1S/C25H25N5O2/c31-24-20-6-5-19(13-17(20)15-27-24)30-10-8-29(9-11-30)18-4-3-16(12-18)22-14-23-21(25(32)28-22)2-1-7-26-23/h1-2,5-7,12-14,18H,3-4,8-11,15H2,(H,27,31)(H,28,32)/t18-/m1/s1. The number of carbonyl (C=O) groups is 1. The van der Waals surface area contributed by atoms with E-state index in [0.29, 0.717) is 18.0 Å². The summed E-state index contributed by atoms with van der Waals surface area (Å²) in [5.41, 5.74) is 5.87. The van der Waals surface area contributed by atoms with Crippen LogP contribution in [0.3, 0.4) is 0 Å². The first-order chi connectivity index (χ1) is 15.7. The lowest BCUT2D eigenvalue weighted by atomic mass is 10.1. The number of benzene rings is 1. The van der Waals surface area contributed by atoms with E-state index in [0.717, 1.165) is 61.4 Å². The molecule has 0 unspecified atom stereocenters. The third kappa shape index (κ3) is 3.29. The number of hydrogen-bond donors (Lipinski definition) is 2. The number of pyridine rings is 2. The van der Waals surface area contributed by atoms with Crippen molar-refractivity contribution >= 4 is 28.1 Å². The van der Waals surface area contributed by atoms with Crippen molar-refractivity contribution in [3.8, 4) is 0 Å². The van der Waals surface area contributed by atoms with E-state index >= 15 is 0 Å². The molecule has 1 aliphatic carbocycles.